The summed E-state index contributed by atoms with van der Waals surface area (Å²) in [6.07, 6.45) is 0.864. The number of nitrogens with zero attached hydrogens (tertiary/aromatic N) is 2. The Hall–Kier alpha value is -1.13. The fourth-order valence-electron chi connectivity index (χ4n) is 2.04. The smallest absolute Gasteiger partial charge is 0.140 e. The Morgan fingerprint density at radius 3 is 2.82 bits per heavy atom. The number of halogens is 1. The average molecular weight is 294 g/mol. The van der Waals surface area contributed by atoms with Crippen molar-refractivity contribution in [2.75, 3.05) is 6.54 Å². The highest BCUT2D eigenvalue weighted by Crippen LogP contribution is 2.24. The van der Waals surface area contributed by atoms with Gasteiger partial charge >= 0.3 is 0 Å². The van der Waals surface area contributed by atoms with Gasteiger partial charge in [-0.1, -0.05) is 28.1 Å². The van der Waals surface area contributed by atoms with E-state index in [0.717, 1.165) is 28.0 Å². The topological polar surface area (TPSA) is 43.8 Å². The number of nitrogens with two attached hydrogens (primary N) is 1. The van der Waals surface area contributed by atoms with E-state index in [2.05, 4.69) is 37.6 Å². The van der Waals surface area contributed by atoms with Crippen molar-refractivity contribution < 1.29 is 0 Å². The molecule has 0 bridgehead atoms. The Morgan fingerprint density at radius 1 is 1.41 bits per heavy atom. The molecule has 0 aliphatic heterocycles. The van der Waals surface area contributed by atoms with Crippen LogP contribution in [0.15, 0.2) is 28.7 Å². The lowest BCUT2D eigenvalue weighted by atomic mass is 10.2. The van der Waals surface area contributed by atoms with Gasteiger partial charge in [-0.25, -0.2) is 4.98 Å². The van der Waals surface area contributed by atoms with Crippen LogP contribution in [0.4, 0.5) is 0 Å². The van der Waals surface area contributed by atoms with Crippen LogP contribution >= 0.6 is 15.9 Å². The predicted molar refractivity (Wildman–Crippen MR) is 73.8 cm³/mol. The summed E-state index contributed by atoms with van der Waals surface area (Å²) in [5.74, 6) is 0.993. The summed E-state index contributed by atoms with van der Waals surface area (Å²) < 4.78 is 3.19. The zero-order valence-electron chi connectivity index (χ0n) is 10.1. The highest BCUT2D eigenvalue weighted by molar-refractivity contribution is 9.10. The molecule has 2 N–H and O–H groups in total. The van der Waals surface area contributed by atoms with Gasteiger partial charge in [-0.05, 0) is 25.6 Å². The second-order valence-electron chi connectivity index (χ2n) is 4.08. The molecule has 0 spiro atoms. The number of hydrogen-bond acceptors (Lipinski definition) is 2. The van der Waals surface area contributed by atoms with Gasteiger partial charge in [0, 0.05) is 29.2 Å². The monoisotopic (exact) mass is 293 g/mol. The van der Waals surface area contributed by atoms with Gasteiger partial charge < -0.3 is 10.3 Å². The van der Waals surface area contributed by atoms with E-state index in [1.54, 1.807) is 0 Å². The second-order valence-corrected chi connectivity index (χ2v) is 4.99. The third-order valence-corrected chi connectivity index (χ3v) is 3.37. The molecular weight excluding hydrogens is 278 g/mol. The summed E-state index contributed by atoms with van der Waals surface area (Å²) in [5.41, 5.74) is 9.01. The highest BCUT2D eigenvalue weighted by Gasteiger charge is 2.12. The summed E-state index contributed by atoms with van der Waals surface area (Å²) in [6.45, 7) is 2.69. The van der Waals surface area contributed by atoms with Crippen molar-refractivity contribution in [3.8, 4) is 11.4 Å². The van der Waals surface area contributed by atoms with Crippen molar-refractivity contribution in [3.05, 3.63) is 40.1 Å². The van der Waals surface area contributed by atoms with Gasteiger partial charge in [0.25, 0.3) is 0 Å². The first-order valence-corrected chi connectivity index (χ1v) is 6.41. The van der Waals surface area contributed by atoms with Gasteiger partial charge in [-0.15, -0.1) is 0 Å². The van der Waals surface area contributed by atoms with E-state index in [-0.39, 0.29) is 0 Å². The fourth-order valence-corrected chi connectivity index (χ4v) is 2.44. The van der Waals surface area contributed by atoms with Crippen molar-refractivity contribution in [3.63, 3.8) is 0 Å². The molecule has 2 aromatic rings. The molecule has 0 atom stereocenters. The standard InChI is InChI=1S/C13H16BrN3/c1-9-12(6-7-15)17(2)13(16-9)10-4-3-5-11(14)8-10/h3-5,8H,6-7,15H2,1-2H3. The maximum absolute atomic E-state index is 5.62. The van der Waals surface area contributed by atoms with E-state index in [4.69, 9.17) is 5.73 Å². The molecular formula is C13H16BrN3. The fraction of sp³-hybridized carbons (Fsp3) is 0.308. The molecule has 0 aliphatic rings. The number of hydrogen-bond donors (Lipinski definition) is 1. The molecule has 0 radical (unpaired) electrons. The van der Waals surface area contributed by atoms with E-state index in [1.165, 1.54) is 5.69 Å². The van der Waals surface area contributed by atoms with E-state index in [1.807, 2.05) is 26.1 Å². The van der Waals surface area contributed by atoms with Gasteiger partial charge in [0.05, 0.1) is 5.69 Å². The summed E-state index contributed by atoms with van der Waals surface area (Å²) in [4.78, 5) is 4.63. The Bertz CT molecular complexity index is 531. The van der Waals surface area contributed by atoms with Gasteiger partial charge in [0.2, 0.25) is 0 Å². The minimum atomic E-state index is 0.651. The van der Waals surface area contributed by atoms with Gasteiger partial charge in [-0.3, -0.25) is 0 Å². The number of aryl methyl sites for hydroxylation is 1. The molecule has 4 heteroatoms. The Kier molecular flexibility index (Phi) is 3.64. The summed E-state index contributed by atoms with van der Waals surface area (Å²) in [7, 11) is 2.04. The Balaban J connectivity index is 2.50. The third kappa shape index (κ3) is 2.42. The van der Waals surface area contributed by atoms with Gasteiger partial charge in [0.1, 0.15) is 5.82 Å². The lowest BCUT2D eigenvalue weighted by Gasteiger charge is -2.05. The number of benzene rings is 1. The zero-order chi connectivity index (χ0) is 12.4. The third-order valence-electron chi connectivity index (χ3n) is 2.88. The molecule has 0 amide bonds. The molecule has 1 heterocycles. The second kappa shape index (κ2) is 5.02. The normalized spacial score (nSPS) is 10.8. The Labute approximate surface area is 110 Å². The van der Waals surface area contributed by atoms with Crippen molar-refractivity contribution in [2.24, 2.45) is 12.8 Å². The first kappa shape index (κ1) is 12.3. The molecule has 2 rings (SSSR count). The van der Waals surface area contributed by atoms with Crippen LogP contribution in [-0.2, 0) is 13.5 Å². The summed E-state index contributed by atoms with van der Waals surface area (Å²) in [6, 6.07) is 8.18. The van der Waals surface area contributed by atoms with E-state index in [0.29, 0.717) is 6.54 Å². The van der Waals surface area contributed by atoms with Crippen LogP contribution in [0.3, 0.4) is 0 Å². The van der Waals surface area contributed by atoms with Crippen molar-refractivity contribution in [2.45, 2.75) is 13.3 Å². The number of aromatic nitrogens is 2. The molecule has 0 unspecified atom stereocenters. The largest absolute Gasteiger partial charge is 0.331 e. The lowest BCUT2D eigenvalue weighted by Crippen LogP contribution is -2.08. The van der Waals surface area contributed by atoms with Gasteiger partial charge in [0.15, 0.2) is 0 Å². The lowest BCUT2D eigenvalue weighted by molar-refractivity contribution is 0.805. The molecule has 1 aromatic heterocycles. The van der Waals surface area contributed by atoms with Crippen LogP contribution in [0.2, 0.25) is 0 Å². The summed E-state index contributed by atoms with van der Waals surface area (Å²) >= 11 is 3.48. The van der Waals surface area contributed by atoms with Crippen LogP contribution in [-0.4, -0.2) is 16.1 Å². The molecule has 0 aliphatic carbocycles. The predicted octanol–water partition coefficient (Wildman–Crippen LogP) is 2.66. The molecule has 90 valence electrons. The molecule has 3 nitrogen and oxygen atoms in total. The quantitative estimate of drug-likeness (QED) is 0.945. The molecule has 17 heavy (non-hydrogen) atoms. The highest BCUT2D eigenvalue weighted by atomic mass is 79.9. The molecule has 0 saturated carbocycles. The minimum Gasteiger partial charge on any atom is -0.331 e. The average Bonchev–Trinajstić information content (AvgIpc) is 2.57. The zero-order valence-corrected chi connectivity index (χ0v) is 11.7. The van der Waals surface area contributed by atoms with Crippen LogP contribution in [0.1, 0.15) is 11.4 Å². The van der Waals surface area contributed by atoms with Crippen molar-refractivity contribution >= 4 is 15.9 Å². The van der Waals surface area contributed by atoms with Crippen molar-refractivity contribution in [1.82, 2.24) is 9.55 Å². The molecule has 0 saturated heterocycles. The van der Waals surface area contributed by atoms with Gasteiger partial charge in [-0.2, -0.15) is 0 Å². The van der Waals surface area contributed by atoms with Crippen LogP contribution < -0.4 is 5.73 Å². The molecule has 0 fully saturated rings. The van der Waals surface area contributed by atoms with Crippen LogP contribution in [0.25, 0.3) is 11.4 Å². The first-order valence-electron chi connectivity index (χ1n) is 5.61. The van der Waals surface area contributed by atoms with E-state index in [9.17, 15) is 0 Å². The minimum absolute atomic E-state index is 0.651. The van der Waals surface area contributed by atoms with E-state index < -0.39 is 0 Å². The number of imidazole rings is 1. The first-order chi connectivity index (χ1) is 8.13. The van der Waals surface area contributed by atoms with Crippen molar-refractivity contribution in [1.29, 1.82) is 0 Å². The maximum atomic E-state index is 5.62. The van der Waals surface area contributed by atoms with Crippen LogP contribution in [0.5, 0.6) is 0 Å². The maximum Gasteiger partial charge on any atom is 0.140 e. The Morgan fingerprint density at radius 2 is 2.18 bits per heavy atom. The SMILES string of the molecule is Cc1nc(-c2cccc(Br)c2)n(C)c1CCN. The molecule has 1 aromatic carbocycles. The van der Waals surface area contributed by atoms with E-state index >= 15 is 0 Å². The number of rotatable bonds is 3. The summed E-state index contributed by atoms with van der Waals surface area (Å²) in [5, 5.41) is 0. The van der Waals surface area contributed by atoms with Crippen LogP contribution in [0, 0.1) is 6.92 Å².